The summed E-state index contributed by atoms with van der Waals surface area (Å²) >= 11 is 1.45. The number of hydrogen-bond acceptors (Lipinski definition) is 6. The first-order chi connectivity index (χ1) is 14.1. The molecule has 2 N–H and O–H groups in total. The molecule has 0 fully saturated rings. The van der Waals surface area contributed by atoms with Crippen LogP contribution in [0.3, 0.4) is 0 Å². The third-order valence-corrected chi connectivity index (χ3v) is 5.57. The van der Waals surface area contributed by atoms with Gasteiger partial charge in [-0.2, -0.15) is 0 Å². The number of furan rings is 1. The number of fused-ring (bicyclic) bond motifs is 1. The van der Waals surface area contributed by atoms with Gasteiger partial charge in [-0.3, -0.25) is 4.79 Å². The predicted octanol–water partition coefficient (Wildman–Crippen LogP) is 2.48. The Bertz CT molecular complexity index is 1180. The first-order valence-corrected chi connectivity index (χ1v) is 10.0. The molecule has 0 saturated carbocycles. The molecule has 0 bridgehead atoms. The molecule has 7 nitrogen and oxygen atoms in total. The van der Waals surface area contributed by atoms with Gasteiger partial charge >= 0.3 is 0 Å². The summed E-state index contributed by atoms with van der Waals surface area (Å²) in [6.07, 6.45) is 1.60. The second-order valence-corrected chi connectivity index (χ2v) is 7.68. The van der Waals surface area contributed by atoms with E-state index in [4.69, 9.17) is 13.9 Å². The molecular formula is C21H22N3O4S+. The molecule has 3 aromatic heterocycles. The standard InChI is InChI=1S/C21H21N3O4S/c1-24(10-13-6-7-16(26-2)17(9-13)27-3)11-18-22-20(25)19-14(12-29-21(19)23-18)15-5-4-8-28-15/h4-9,12H,10-11H2,1-3H3,(H,22,23,25)/p+1. The minimum Gasteiger partial charge on any atom is -0.493 e. The van der Waals surface area contributed by atoms with Crippen molar-refractivity contribution >= 4 is 21.6 Å². The predicted molar refractivity (Wildman–Crippen MR) is 112 cm³/mol. The van der Waals surface area contributed by atoms with E-state index in [0.717, 1.165) is 17.7 Å². The van der Waals surface area contributed by atoms with Crippen molar-refractivity contribution in [1.82, 2.24) is 9.97 Å². The smallest absolute Gasteiger partial charge is 0.260 e. The van der Waals surface area contributed by atoms with Crippen molar-refractivity contribution in [3.8, 4) is 22.8 Å². The van der Waals surface area contributed by atoms with E-state index in [1.165, 1.54) is 16.2 Å². The van der Waals surface area contributed by atoms with Crippen molar-refractivity contribution < 1.29 is 18.8 Å². The fourth-order valence-corrected chi connectivity index (χ4v) is 4.32. The van der Waals surface area contributed by atoms with E-state index in [2.05, 4.69) is 17.0 Å². The van der Waals surface area contributed by atoms with Crippen LogP contribution < -0.4 is 19.9 Å². The summed E-state index contributed by atoms with van der Waals surface area (Å²) in [5, 5.41) is 2.49. The lowest BCUT2D eigenvalue weighted by molar-refractivity contribution is -0.908. The zero-order valence-corrected chi connectivity index (χ0v) is 17.3. The summed E-state index contributed by atoms with van der Waals surface area (Å²) in [4.78, 5) is 22.2. The molecule has 4 rings (SSSR count). The van der Waals surface area contributed by atoms with Gasteiger partial charge in [0.15, 0.2) is 17.3 Å². The van der Waals surface area contributed by atoms with Gasteiger partial charge in [0.05, 0.1) is 32.9 Å². The van der Waals surface area contributed by atoms with Crippen molar-refractivity contribution in [2.75, 3.05) is 21.3 Å². The highest BCUT2D eigenvalue weighted by molar-refractivity contribution is 7.17. The number of rotatable bonds is 7. The molecule has 1 aromatic carbocycles. The Balaban J connectivity index is 1.54. The van der Waals surface area contributed by atoms with Crippen molar-refractivity contribution in [2.45, 2.75) is 13.1 Å². The van der Waals surface area contributed by atoms with E-state index in [9.17, 15) is 4.79 Å². The molecule has 0 aliphatic rings. The van der Waals surface area contributed by atoms with Gasteiger partial charge in [-0.25, -0.2) is 4.98 Å². The van der Waals surface area contributed by atoms with Crippen LogP contribution >= 0.6 is 11.3 Å². The molecule has 4 aromatic rings. The number of thiophene rings is 1. The Hall–Kier alpha value is -3.10. The van der Waals surface area contributed by atoms with Crippen LogP contribution in [0.1, 0.15) is 11.4 Å². The van der Waals surface area contributed by atoms with Crippen LogP contribution in [-0.4, -0.2) is 31.2 Å². The summed E-state index contributed by atoms with van der Waals surface area (Å²) in [6, 6.07) is 9.53. The zero-order chi connectivity index (χ0) is 20.4. The van der Waals surface area contributed by atoms with E-state index in [-0.39, 0.29) is 5.56 Å². The Labute approximate surface area is 171 Å². The Morgan fingerprint density at radius 2 is 2.00 bits per heavy atom. The molecule has 0 aliphatic heterocycles. The summed E-state index contributed by atoms with van der Waals surface area (Å²) in [6.45, 7) is 1.34. The minimum atomic E-state index is -0.142. The highest BCUT2D eigenvalue weighted by atomic mass is 32.1. The summed E-state index contributed by atoms with van der Waals surface area (Å²) in [5.41, 5.74) is 1.75. The molecule has 0 amide bonds. The summed E-state index contributed by atoms with van der Waals surface area (Å²) in [7, 11) is 5.30. The van der Waals surface area contributed by atoms with Gasteiger partial charge in [-0.1, -0.05) is 0 Å². The van der Waals surface area contributed by atoms with Crippen molar-refractivity contribution in [3.63, 3.8) is 0 Å². The number of benzene rings is 1. The van der Waals surface area contributed by atoms with E-state index >= 15 is 0 Å². The number of aromatic nitrogens is 2. The molecule has 8 heteroatoms. The molecule has 1 atom stereocenters. The van der Waals surface area contributed by atoms with E-state index < -0.39 is 0 Å². The van der Waals surface area contributed by atoms with Gasteiger partial charge in [0, 0.05) is 16.5 Å². The zero-order valence-electron chi connectivity index (χ0n) is 16.4. The Morgan fingerprint density at radius 3 is 2.72 bits per heavy atom. The maximum Gasteiger partial charge on any atom is 0.260 e. The molecule has 0 aliphatic carbocycles. The van der Waals surface area contributed by atoms with Crippen LogP contribution in [0.25, 0.3) is 21.5 Å². The van der Waals surface area contributed by atoms with Crippen LogP contribution in [0.2, 0.25) is 0 Å². The number of ether oxygens (including phenoxy) is 2. The van der Waals surface area contributed by atoms with Crippen LogP contribution in [0, 0.1) is 0 Å². The highest BCUT2D eigenvalue weighted by Crippen LogP contribution is 2.31. The summed E-state index contributed by atoms with van der Waals surface area (Å²) in [5.74, 6) is 2.74. The lowest BCUT2D eigenvalue weighted by Gasteiger charge is -2.15. The second kappa shape index (κ2) is 8.10. The van der Waals surface area contributed by atoms with Crippen LogP contribution in [-0.2, 0) is 13.1 Å². The van der Waals surface area contributed by atoms with Crippen LogP contribution in [0.5, 0.6) is 11.5 Å². The fourth-order valence-electron chi connectivity index (χ4n) is 3.38. The first kappa shape index (κ1) is 19.2. The van der Waals surface area contributed by atoms with E-state index in [0.29, 0.717) is 39.8 Å². The monoisotopic (exact) mass is 412 g/mol. The third-order valence-electron chi connectivity index (χ3n) is 4.70. The largest absolute Gasteiger partial charge is 0.493 e. The number of quaternary nitrogens is 1. The number of aromatic amines is 1. The van der Waals surface area contributed by atoms with Crippen molar-refractivity contribution in [2.24, 2.45) is 0 Å². The van der Waals surface area contributed by atoms with Gasteiger partial charge in [0.2, 0.25) is 0 Å². The molecule has 0 saturated heterocycles. The number of H-pyrrole nitrogens is 1. The van der Waals surface area contributed by atoms with Gasteiger partial charge in [0.25, 0.3) is 5.56 Å². The summed E-state index contributed by atoms with van der Waals surface area (Å²) < 4.78 is 16.1. The van der Waals surface area contributed by atoms with E-state index in [1.54, 1.807) is 26.5 Å². The maximum absolute atomic E-state index is 12.7. The average molecular weight is 412 g/mol. The Morgan fingerprint density at radius 1 is 1.17 bits per heavy atom. The third kappa shape index (κ3) is 3.90. The van der Waals surface area contributed by atoms with E-state index in [1.807, 2.05) is 29.6 Å². The number of methoxy groups -OCH3 is 2. The second-order valence-electron chi connectivity index (χ2n) is 6.82. The lowest BCUT2D eigenvalue weighted by Crippen LogP contribution is -3.06. The molecular weight excluding hydrogens is 390 g/mol. The SMILES string of the molecule is COc1ccc(C[NH+](C)Cc2nc3scc(-c4ccco4)c3c(=O)[nH]2)cc1OC. The maximum atomic E-state index is 12.7. The molecule has 29 heavy (non-hydrogen) atoms. The lowest BCUT2D eigenvalue weighted by atomic mass is 10.2. The number of hydrogen-bond donors (Lipinski definition) is 2. The minimum absolute atomic E-state index is 0.142. The van der Waals surface area contributed by atoms with Crippen molar-refractivity contribution in [3.05, 3.63) is 63.7 Å². The fraction of sp³-hybridized carbons (Fsp3) is 0.238. The van der Waals surface area contributed by atoms with Crippen molar-refractivity contribution in [1.29, 1.82) is 0 Å². The first-order valence-electron chi connectivity index (χ1n) is 9.15. The molecule has 0 spiro atoms. The highest BCUT2D eigenvalue weighted by Gasteiger charge is 2.16. The van der Waals surface area contributed by atoms with Gasteiger partial charge in [-0.15, -0.1) is 11.3 Å². The van der Waals surface area contributed by atoms with Crippen LogP contribution in [0.15, 0.2) is 51.2 Å². The molecule has 1 unspecified atom stereocenters. The number of nitrogens with zero attached hydrogens (tertiary/aromatic N) is 1. The van der Waals surface area contributed by atoms with Gasteiger partial charge in [-0.05, 0) is 30.3 Å². The normalized spacial score (nSPS) is 12.2. The topological polar surface area (TPSA) is 81.8 Å². The molecule has 3 heterocycles. The average Bonchev–Trinajstić information content (AvgIpc) is 3.37. The van der Waals surface area contributed by atoms with Gasteiger partial charge < -0.3 is 23.8 Å². The number of nitrogens with one attached hydrogen (secondary N) is 2. The molecule has 150 valence electrons. The van der Waals surface area contributed by atoms with Crippen LogP contribution in [0.4, 0.5) is 0 Å². The quantitative estimate of drug-likeness (QED) is 0.487. The van der Waals surface area contributed by atoms with Gasteiger partial charge in [0.1, 0.15) is 23.7 Å². The molecule has 0 radical (unpaired) electrons. The Kier molecular flexibility index (Phi) is 5.37.